The molecule has 674 valence electrons. The lowest BCUT2D eigenvalue weighted by Crippen LogP contribution is -2.30. The number of aliphatic hydroxyl groups is 2. The van der Waals surface area contributed by atoms with Crippen molar-refractivity contribution in [1.82, 2.24) is 0 Å². The van der Waals surface area contributed by atoms with E-state index in [0.717, 1.165) is 141 Å². The minimum absolute atomic E-state index is 0.0840. The van der Waals surface area contributed by atoms with Crippen LogP contribution in [0.5, 0.6) is 0 Å². The van der Waals surface area contributed by atoms with Crippen LogP contribution < -0.4 is 0 Å². The summed E-state index contributed by atoms with van der Waals surface area (Å²) in [6.45, 7) is 2.46. The molecule has 0 aromatic heterocycles. The first-order chi connectivity index (χ1) is 57.2. The van der Waals surface area contributed by atoms with Crippen LogP contribution in [0.15, 0.2) is 146 Å². The molecule has 4 N–H and O–H groups in total. The highest BCUT2D eigenvalue weighted by atomic mass is 31.2. The number of unbranched alkanes of at least 4 members (excludes halogenated alkanes) is 42. The number of carbonyl (C=O) groups is 3. The summed E-state index contributed by atoms with van der Waals surface area (Å²) in [4.78, 5) is 58.9. The van der Waals surface area contributed by atoms with Gasteiger partial charge in [0, 0.05) is 19.3 Å². The highest BCUT2D eigenvalue weighted by Gasteiger charge is 2.30. The highest BCUT2D eigenvalue weighted by Crippen LogP contribution is 2.45. The molecule has 0 radical (unpaired) electrons. The number of esters is 3. The molecule has 0 saturated carbocycles. The Morgan fingerprint density at radius 3 is 0.718 bits per heavy atom. The van der Waals surface area contributed by atoms with E-state index in [1.165, 1.54) is 205 Å². The molecule has 0 aliphatic heterocycles. The van der Waals surface area contributed by atoms with Gasteiger partial charge in [-0.1, -0.05) is 391 Å². The smallest absolute Gasteiger partial charge is 0.463 e. The van der Waals surface area contributed by atoms with E-state index in [1.807, 2.05) is 0 Å². The van der Waals surface area contributed by atoms with E-state index in [1.54, 1.807) is 0 Å². The number of phosphoric acid groups is 2. The molecule has 0 spiro atoms. The van der Waals surface area contributed by atoms with Crippen molar-refractivity contribution >= 4 is 33.6 Å². The third-order valence-electron chi connectivity index (χ3n) is 20.0. The summed E-state index contributed by atoms with van der Waals surface area (Å²) in [6, 6.07) is 0. The van der Waals surface area contributed by atoms with Gasteiger partial charge in [-0.25, -0.2) is 9.13 Å². The van der Waals surface area contributed by atoms with Crippen LogP contribution in [0.3, 0.4) is 0 Å². The SMILES string of the molecule is CC/C=C\C/C=C\C/C=C\C/C=C\C/C=C\CCCCCCCCCCCCCCCCCC(=O)OCC(COP(=O)(O)OCC(O)COP(=O)(O)OCC(O)COC(=O)CCCCCCCCCCCCCCCCCCCCC/C=C\C/C=C\C/C=C\C/C=C\CCCCC)OC(=O)CCCCCCC/C=C\C/C=C\C/C=C\CC. The average molecular weight is 1680 g/mol. The molecular weight excluding hydrogens is 1510 g/mol. The van der Waals surface area contributed by atoms with Crippen molar-refractivity contribution in [3.8, 4) is 0 Å². The summed E-state index contributed by atoms with van der Waals surface area (Å²) in [5.74, 6) is -1.58. The van der Waals surface area contributed by atoms with Crippen LogP contribution in [-0.4, -0.2) is 95.9 Å². The minimum Gasteiger partial charge on any atom is -0.463 e. The molecule has 0 heterocycles. The fraction of sp³-hybridized carbons (Fsp3) is 0.727. The van der Waals surface area contributed by atoms with Crippen molar-refractivity contribution < 1.29 is 75.8 Å². The molecule has 5 atom stereocenters. The molecule has 0 aromatic rings. The number of hydrogen-bond donors (Lipinski definition) is 4. The van der Waals surface area contributed by atoms with Crippen LogP contribution in [0.4, 0.5) is 0 Å². The van der Waals surface area contributed by atoms with Gasteiger partial charge in [-0.3, -0.25) is 32.5 Å². The lowest BCUT2D eigenvalue weighted by molar-refractivity contribution is -0.161. The van der Waals surface area contributed by atoms with E-state index in [2.05, 4.69) is 167 Å². The van der Waals surface area contributed by atoms with E-state index in [-0.39, 0.29) is 19.3 Å². The van der Waals surface area contributed by atoms with Gasteiger partial charge in [0.15, 0.2) is 6.10 Å². The summed E-state index contributed by atoms with van der Waals surface area (Å²) in [7, 11) is -9.81. The third kappa shape index (κ3) is 92.0. The molecule has 0 aliphatic carbocycles. The first-order valence-electron chi connectivity index (χ1n) is 47.1. The molecule has 0 aliphatic rings. The van der Waals surface area contributed by atoms with Gasteiger partial charge in [-0.05, 0) is 141 Å². The minimum atomic E-state index is -4.94. The topological polar surface area (TPSA) is 231 Å². The van der Waals surface area contributed by atoms with Crippen LogP contribution in [0.1, 0.15) is 406 Å². The molecule has 0 aromatic carbocycles. The van der Waals surface area contributed by atoms with Gasteiger partial charge in [0.2, 0.25) is 0 Å². The van der Waals surface area contributed by atoms with Gasteiger partial charge in [-0.15, -0.1) is 0 Å². The molecule has 16 nitrogen and oxygen atoms in total. The number of hydrogen-bond acceptors (Lipinski definition) is 14. The fourth-order valence-corrected chi connectivity index (χ4v) is 14.5. The van der Waals surface area contributed by atoms with Crippen LogP contribution in [0.25, 0.3) is 0 Å². The van der Waals surface area contributed by atoms with E-state index >= 15 is 0 Å². The molecule has 0 saturated heterocycles. The van der Waals surface area contributed by atoms with Crippen LogP contribution in [0.2, 0.25) is 0 Å². The molecule has 0 rings (SSSR count). The average Bonchev–Trinajstić information content (AvgIpc) is 0.865. The lowest BCUT2D eigenvalue weighted by Gasteiger charge is -2.21. The Morgan fingerprint density at radius 2 is 0.453 bits per heavy atom. The molecule has 5 unspecified atom stereocenters. The molecule has 18 heteroatoms. The molecule has 117 heavy (non-hydrogen) atoms. The first kappa shape index (κ1) is 112. The summed E-state index contributed by atoms with van der Waals surface area (Å²) in [6.07, 6.45) is 115. The zero-order valence-electron chi connectivity index (χ0n) is 74.3. The van der Waals surface area contributed by atoms with Crippen molar-refractivity contribution in [1.29, 1.82) is 0 Å². The Balaban J connectivity index is 4.41. The largest absolute Gasteiger partial charge is 0.472 e. The predicted molar refractivity (Wildman–Crippen MR) is 491 cm³/mol. The van der Waals surface area contributed by atoms with Crippen LogP contribution >= 0.6 is 15.6 Å². The monoisotopic (exact) mass is 1680 g/mol. The van der Waals surface area contributed by atoms with Gasteiger partial charge in [0.1, 0.15) is 25.4 Å². The summed E-state index contributed by atoms with van der Waals surface area (Å²) in [5.41, 5.74) is 0. The maximum Gasteiger partial charge on any atom is 0.472 e. The fourth-order valence-electron chi connectivity index (χ4n) is 13.0. The zero-order chi connectivity index (χ0) is 85.1. The second-order valence-electron chi connectivity index (χ2n) is 31.4. The number of rotatable bonds is 89. The Bertz CT molecular complexity index is 2710. The molecule has 0 fully saturated rings. The van der Waals surface area contributed by atoms with Crippen molar-refractivity contribution in [3.05, 3.63) is 146 Å². The van der Waals surface area contributed by atoms with Crippen molar-refractivity contribution in [3.63, 3.8) is 0 Å². The zero-order valence-corrected chi connectivity index (χ0v) is 76.1. The maximum absolute atomic E-state index is 13.0. The third-order valence-corrected chi connectivity index (χ3v) is 21.9. The molecular formula is C99H172O16P2. The maximum atomic E-state index is 13.0. The normalized spacial score (nSPS) is 14.4. The number of aliphatic hydroxyl groups excluding tert-OH is 2. The van der Waals surface area contributed by atoms with Crippen molar-refractivity contribution in [2.45, 2.75) is 424 Å². The Hall–Kier alpha value is -4.57. The standard InChI is InChI=1S/C99H172O16P2/c1-4-7-10-13-16-19-22-25-28-30-32-34-36-38-40-42-44-45-46-47-49-51-52-54-56-58-60-62-65-67-70-73-76-79-82-85-97(102)109-88-94(100)89-111-116(105,106)112-90-95(101)91-113-117(107,108)114-93-96(115-99(104)87-84-81-78-75-72-69-64-27-24-21-18-15-12-9-6-3)92-110-98(103)86-83-80-77-74-71-68-66-63-61-59-57-55-53-50-48-43-41-39-37-35-33-31-29-26-23-20-17-14-11-8-5-2/h8-9,11-12,16-21,25-29,32-35,38-41,64,94-96,100-101H,4-7,10,13-15,22-24,30-31,36-37,42-63,65-93H2,1-3H3,(H,105,106)(H,107,108)/b11-8-,12-9-,19-16-,20-17-,21-18-,28-25-,29-26-,34-32-,35-33-,40-38-,41-39-,64-27-. The first-order valence-corrected chi connectivity index (χ1v) is 50.1. The Morgan fingerprint density at radius 1 is 0.248 bits per heavy atom. The number of phosphoric ester groups is 2. The Labute approximate surface area is 715 Å². The van der Waals surface area contributed by atoms with Crippen molar-refractivity contribution in [2.24, 2.45) is 0 Å². The number of ether oxygens (including phenoxy) is 3. The summed E-state index contributed by atoms with van der Waals surface area (Å²) >= 11 is 0. The molecule has 0 amide bonds. The van der Waals surface area contributed by atoms with E-state index in [4.69, 9.17) is 32.3 Å². The number of allylic oxidation sites excluding steroid dienone is 24. The van der Waals surface area contributed by atoms with Gasteiger partial charge in [0.05, 0.1) is 26.4 Å². The summed E-state index contributed by atoms with van der Waals surface area (Å²) < 4.78 is 61.4. The molecule has 0 bridgehead atoms. The predicted octanol–water partition coefficient (Wildman–Crippen LogP) is 29.1. The van der Waals surface area contributed by atoms with Crippen LogP contribution in [0, 0.1) is 0 Å². The van der Waals surface area contributed by atoms with Gasteiger partial charge in [-0.2, -0.15) is 0 Å². The Kier molecular flexibility index (Phi) is 87.1. The van der Waals surface area contributed by atoms with E-state index < -0.39 is 91.5 Å². The second-order valence-corrected chi connectivity index (χ2v) is 34.3. The van der Waals surface area contributed by atoms with Gasteiger partial charge < -0.3 is 34.2 Å². The van der Waals surface area contributed by atoms with Crippen LogP contribution in [-0.2, 0) is 55.8 Å². The van der Waals surface area contributed by atoms with Gasteiger partial charge in [0.25, 0.3) is 0 Å². The quantitative estimate of drug-likeness (QED) is 0.0146. The highest BCUT2D eigenvalue weighted by molar-refractivity contribution is 7.47. The van der Waals surface area contributed by atoms with Gasteiger partial charge >= 0.3 is 33.6 Å². The van der Waals surface area contributed by atoms with E-state index in [9.17, 15) is 43.5 Å². The summed E-state index contributed by atoms with van der Waals surface area (Å²) in [5, 5.41) is 20.7. The second kappa shape index (κ2) is 90.7. The van der Waals surface area contributed by atoms with Crippen molar-refractivity contribution in [2.75, 3.05) is 39.6 Å². The lowest BCUT2D eigenvalue weighted by atomic mass is 10.0. The van der Waals surface area contributed by atoms with E-state index in [0.29, 0.717) is 19.3 Å². The number of carbonyl (C=O) groups excluding carboxylic acids is 3.